The van der Waals surface area contributed by atoms with Crippen LogP contribution in [0.15, 0.2) is 54.6 Å². The Bertz CT molecular complexity index is 704. The molecule has 3 rings (SSSR count). The van der Waals surface area contributed by atoms with Gasteiger partial charge in [-0.3, -0.25) is 0 Å². The van der Waals surface area contributed by atoms with Crippen LogP contribution in [0.3, 0.4) is 0 Å². The Morgan fingerprint density at radius 3 is 2.57 bits per heavy atom. The number of carbonyl (C=O) groups excluding carboxylic acids is 1. The van der Waals surface area contributed by atoms with E-state index >= 15 is 0 Å². The van der Waals surface area contributed by atoms with Crippen molar-refractivity contribution < 1.29 is 9.53 Å². The zero-order valence-electron chi connectivity index (χ0n) is 12.8. The zero-order chi connectivity index (χ0) is 16.1. The van der Waals surface area contributed by atoms with Gasteiger partial charge in [-0.1, -0.05) is 18.2 Å². The SMILES string of the molecule is N#Cc1ccc(C(=O)OC2CCCN(c3ccccc3)C2)cc1. The smallest absolute Gasteiger partial charge is 0.338 e. The maximum absolute atomic E-state index is 12.2. The molecule has 2 aromatic rings. The molecule has 1 aliphatic rings. The number of hydrogen-bond acceptors (Lipinski definition) is 4. The summed E-state index contributed by atoms with van der Waals surface area (Å²) in [5.74, 6) is -0.325. The lowest BCUT2D eigenvalue weighted by molar-refractivity contribution is 0.0270. The van der Waals surface area contributed by atoms with Gasteiger partial charge < -0.3 is 9.64 Å². The van der Waals surface area contributed by atoms with E-state index in [4.69, 9.17) is 10.00 Å². The van der Waals surface area contributed by atoms with Crippen molar-refractivity contribution in [1.29, 1.82) is 5.26 Å². The molecule has 0 bridgehead atoms. The first kappa shape index (κ1) is 15.1. The molecule has 0 amide bonds. The van der Waals surface area contributed by atoms with Gasteiger partial charge in [-0.25, -0.2) is 4.79 Å². The van der Waals surface area contributed by atoms with Crippen molar-refractivity contribution in [2.75, 3.05) is 18.0 Å². The molecule has 23 heavy (non-hydrogen) atoms. The molecule has 0 radical (unpaired) electrons. The number of nitriles is 1. The maximum atomic E-state index is 12.2. The molecule has 1 aliphatic heterocycles. The van der Waals surface area contributed by atoms with Crippen molar-refractivity contribution in [2.45, 2.75) is 18.9 Å². The molecular weight excluding hydrogens is 288 g/mol. The summed E-state index contributed by atoms with van der Waals surface area (Å²) in [7, 11) is 0. The molecule has 1 saturated heterocycles. The van der Waals surface area contributed by atoms with E-state index in [1.807, 2.05) is 24.3 Å². The van der Waals surface area contributed by atoms with Crippen LogP contribution >= 0.6 is 0 Å². The molecule has 116 valence electrons. The highest BCUT2D eigenvalue weighted by molar-refractivity contribution is 5.89. The fourth-order valence-electron chi connectivity index (χ4n) is 2.81. The molecular formula is C19H18N2O2. The molecule has 0 aromatic heterocycles. The number of ether oxygens (including phenoxy) is 1. The number of rotatable bonds is 3. The number of para-hydroxylation sites is 1. The van der Waals surface area contributed by atoms with Crippen LogP contribution in [-0.4, -0.2) is 25.2 Å². The van der Waals surface area contributed by atoms with Gasteiger partial charge in [-0.05, 0) is 49.2 Å². The van der Waals surface area contributed by atoms with Gasteiger partial charge in [0.15, 0.2) is 0 Å². The van der Waals surface area contributed by atoms with Crippen LogP contribution in [0.25, 0.3) is 0 Å². The summed E-state index contributed by atoms with van der Waals surface area (Å²) in [4.78, 5) is 14.5. The topological polar surface area (TPSA) is 53.3 Å². The van der Waals surface area contributed by atoms with Gasteiger partial charge in [0.1, 0.15) is 6.10 Å². The van der Waals surface area contributed by atoms with E-state index in [-0.39, 0.29) is 12.1 Å². The lowest BCUT2D eigenvalue weighted by Crippen LogP contribution is -2.40. The van der Waals surface area contributed by atoms with Gasteiger partial charge >= 0.3 is 5.97 Å². The third kappa shape index (κ3) is 3.70. The Balaban J connectivity index is 1.63. The third-order valence-electron chi connectivity index (χ3n) is 4.02. The van der Waals surface area contributed by atoms with E-state index < -0.39 is 0 Å². The number of benzene rings is 2. The molecule has 1 heterocycles. The van der Waals surface area contributed by atoms with E-state index in [1.54, 1.807) is 24.3 Å². The summed E-state index contributed by atoms with van der Waals surface area (Å²) < 4.78 is 5.64. The highest BCUT2D eigenvalue weighted by atomic mass is 16.5. The number of esters is 1. The van der Waals surface area contributed by atoms with Crippen molar-refractivity contribution in [2.24, 2.45) is 0 Å². The van der Waals surface area contributed by atoms with E-state index in [0.717, 1.165) is 25.1 Å². The predicted molar refractivity (Wildman–Crippen MR) is 88.2 cm³/mol. The van der Waals surface area contributed by atoms with Crippen LogP contribution in [0, 0.1) is 11.3 Å². The number of carbonyl (C=O) groups is 1. The zero-order valence-corrected chi connectivity index (χ0v) is 12.8. The fraction of sp³-hybridized carbons (Fsp3) is 0.263. The average Bonchev–Trinajstić information content (AvgIpc) is 2.63. The number of nitrogens with zero attached hydrogens (tertiary/aromatic N) is 2. The molecule has 0 N–H and O–H groups in total. The standard InChI is InChI=1S/C19H18N2O2/c20-13-15-8-10-16(11-9-15)19(22)23-18-7-4-12-21(14-18)17-5-2-1-3-6-17/h1-3,5-6,8-11,18H,4,7,12,14H2. The average molecular weight is 306 g/mol. The Morgan fingerprint density at radius 2 is 1.87 bits per heavy atom. The van der Waals surface area contributed by atoms with Gasteiger partial charge in [0, 0.05) is 12.2 Å². The van der Waals surface area contributed by atoms with Crippen LogP contribution in [0.1, 0.15) is 28.8 Å². The van der Waals surface area contributed by atoms with E-state index in [2.05, 4.69) is 17.0 Å². The molecule has 1 unspecified atom stereocenters. The molecule has 2 aromatic carbocycles. The maximum Gasteiger partial charge on any atom is 0.338 e. The minimum atomic E-state index is -0.325. The minimum absolute atomic E-state index is 0.105. The summed E-state index contributed by atoms with van der Waals surface area (Å²) in [5.41, 5.74) is 2.18. The molecule has 1 atom stereocenters. The quantitative estimate of drug-likeness (QED) is 0.816. The van der Waals surface area contributed by atoms with Gasteiger partial charge in [0.2, 0.25) is 0 Å². The van der Waals surface area contributed by atoms with Crippen molar-refractivity contribution in [1.82, 2.24) is 0 Å². The second kappa shape index (κ2) is 6.97. The monoisotopic (exact) mass is 306 g/mol. The molecule has 0 spiro atoms. The Hall–Kier alpha value is -2.80. The lowest BCUT2D eigenvalue weighted by Gasteiger charge is -2.34. The van der Waals surface area contributed by atoms with Crippen molar-refractivity contribution in [3.63, 3.8) is 0 Å². The summed E-state index contributed by atoms with van der Waals surface area (Å²) in [6, 6.07) is 18.8. The predicted octanol–water partition coefficient (Wildman–Crippen LogP) is 3.38. The molecule has 1 fully saturated rings. The third-order valence-corrected chi connectivity index (χ3v) is 4.02. The minimum Gasteiger partial charge on any atom is -0.457 e. The van der Waals surface area contributed by atoms with Crippen molar-refractivity contribution in [3.8, 4) is 6.07 Å². The van der Waals surface area contributed by atoms with Gasteiger partial charge in [0.25, 0.3) is 0 Å². The summed E-state index contributed by atoms with van der Waals surface area (Å²) in [5, 5.41) is 8.79. The second-order valence-corrected chi connectivity index (χ2v) is 5.64. The van der Waals surface area contributed by atoms with Crippen molar-refractivity contribution in [3.05, 3.63) is 65.7 Å². The van der Waals surface area contributed by atoms with Gasteiger partial charge in [-0.2, -0.15) is 5.26 Å². The summed E-state index contributed by atoms with van der Waals surface area (Å²) in [6.07, 6.45) is 1.78. The van der Waals surface area contributed by atoms with Crippen LogP contribution in [0.4, 0.5) is 5.69 Å². The van der Waals surface area contributed by atoms with Crippen LogP contribution in [0.2, 0.25) is 0 Å². The molecule has 0 aliphatic carbocycles. The lowest BCUT2D eigenvalue weighted by atomic mass is 10.1. The highest BCUT2D eigenvalue weighted by Crippen LogP contribution is 2.21. The first-order chi connectivity index (χ1) is 11.3. The summed E-state index contributed by atoms with van der Waals surface area (Å²) >= 11 is 0. The number of anilines is 1. The second-order valence-electron chi connectivity index (χ2n) is 5.64. The van der Waals surface area contributed by atoms with Crippen LogP contribution < -0.4 is 4.90 Å². The van der Waals surface area contributed by atoms with Crippen molar-refractivity contribution >= 4 is 11.7 Å². The van der Waals surface area contributed by atoms with Gasteiger partial charge in [0.05, 0.1) is 23.7 Å². The van der Waals surface area contributed by atoms with E-state index in [1.165, 1.54) is 0 Å². The first-order valence-electron chi connectivity index (χ1n) is 7.77. The largest absolute Gasteiger partial charge is 0.457 e. The van der Waals surface area contributed by atoms with Gasteiger partial charge in [-0.15, -0.1) is 0 Å². The fourth-order valence-corrected chi connectivity index (χ4v) is 2.81. The molecule has 4 heteroatoms. The van der Waals surface area contributed by atoms with Crippen LogP contribution in [0.5, 0.6) is 0 Å². The normalized spacial score (nSPS) is 17.3. The van der Waals surface area contributed by atoms with E-state index in [0.29, 0.717) is 17.7 Å². The number of piperidine rings is 1. The van der Waals surface area contributed by atoms with Crippen LogP contribution in [-0.2, 0) is 4.74 Å². The Labute approximate surface area is 135 Å². The Kier molecular flexibility index (Phi) is 4.58. The summed E-state index contributed by atoms with van der Waals surface area (Å²) in [6.45, 7) is 1.70. The molecule has 4 nitrogen and oxygen atoms in total. The first-order valence-corrected chi connectivity index (χ1v) is 7.77. The molecule has 0 saturated carbocycles. The Morgan fingerprint density at radius 1 is 1.13 bits per heavy atom. The highest BCUT2D eigenvalue weighted by Gasteiger charge is 2.23. The van der Waals surface area contributed by atoms with E-state index in [9.17, 15) is 4.79 Å². The number of hydrogen-bond donors (Lipinski definition) is 0.